The minimum atomic E-state index is 0.299. The SMILES string of the molecule is CN(C)c1nc2ccccc2cc1CN1CCC[C@H](CO)C1. The van der Waals surface area contributed by atoms with Crippen LogP contribution in [-0.4, -0.2) is 48.8 Å². The molecule has 0 amide bonds. The van der Waals surface area contributed by atoms with Gasteiger partial charge in [0.25, 0.3) is 0 Å². The van der Waals surface area contributed by atoms with Gasteiger partial charge in [-0.1, -0.05) is 18.2 Å². The van der Waals surface area contributed by atoms with E-state index in [1.165, 1.54) is 17.4 Å². The summed E-state index contributed by atoms with van der Waals surface area (Å²) >= 11 is 0. The molecule has 1 aliphatic rings. The first-order valence-corrected chi connectivity index (χ1v) is 8.06. The van der Waals surface area contributed by atoms with Crippen LogP contribution in [0.25, 0.3) is 10.9 Å². The van der Waals surface area contributed by atoms with Crippen LogP contribution in [0.1, 0.15) is 18.4 Å². The summed E-state index contributed by atoms with van der Waals surface area (Å²) in [4.78, 5) is 9.37. The topological polar surface area (TPSA) is 39.6 Å². The fraction of sp³-hybridized carbons (Fsp3) is 0.500. The van der Waals surface area contributed by atoms with Gasteiger partial charge in [0.15, 0.2) is 0 Å². The normalized spacial score (nSPS) is 19.5. The van der Waals surface area contributed by atoms with Gasteiger partial charge in [-0.15, -0.1) is 0 Å². The van der Waals surface area contributed by atoms with E-state index in [1.54, 1.807) is 0 Å². The van der Waals surface area contributed by atoms with E-state index in [9.17, 15) is 5.11 Å². The van der Waals surface area contributed by atoms with E-state index in [2.05, 4.69) is 34.1 Å². The Kier molecular flexibility index (Phi) is 4.60. The zero-order valence-electron chi connectivity index (χ0n) is 13.5. The van der Waals surface area contributed by atoms with Gasteiger partial charge in [-0.25, -0.2) is 4.98 Å². The molecule has 0 saturated carbocycles. The van der Waals surface area contributed by atoms with Gasteiger partial charge in [-0.3, -0.25) is 4.90 Å². The molecule has 4 nitrogen and oxygen atoms in total. The molecule has 1 fully saturated rings. The highest BCUT2D eigenvalue weighted by Crippen LogP contribution is 2.25. The van der Waals surface area contributed by atoms with Crippen molar-refractivity contribution in [2.75, 3.05) is 38.7 Å². The van der Waals surface area contributed by atoms with Crippen LogP contribution in [-0.2, 0) is 6.54 Å². The first kappa shape index (κ1) is 15.3. The van der Waals surface area contributed by atoms with Crippen LogP contribution in [0.3, 0.4) is 0 Å². The summed E-state index contributed by atoms with van der Waals surface area (Å²) in [5, 5.41) is 10.6. The highest BCUT2D eigenvalue weighted by atomic mass is 16.3. The number of benzene rings is 1. The summed E-state index contributed by atoms with van der Waals surface area (Å²) < 4.78 is 0. The molecule has 1 aliphatic heterocycles. The molecule has 2 heterocycles. The van der Waals surface area contributed by atoms with Gasteiger partial charge in [-0.2, -0.15) is 0 Å². The number of aromatic nitrogens is 1. The van der Waals surface area contributed by atoms with E-state index >= 15 is 0 Å². The molecule has 4 heteroatoms. The molecule has 0 radical (unpaired) electrons. The van der Waals surface area contributed by atoms with Crippen molar-refractivity contribution < 1.29 is 5.11 Å². The molecular formula is C18H25N3O. The summed E-state index contributed by atoms with van der Waals surface area (Å²) in [5.74, 6) is 1.47. The number of fused-ring (bicyclic) bond motifs is 1. The van der Waals surface area contributed by atoms with Crippen LogP contribution in [0.15, 0.2) is 30.3 Å². The molecule has 1 aromatic carbocycles. The van der Waals surface area contributed by atoms with Gasteiger partial charge in [0.2, 0.25) is 0 Å². The van der Waals surface area contributed by atoms with Crippen molar-refractivity contribution in [3.8, 4) is 0 Å². The number of aliphatic hydroxyl groups excluding tert-OH is 1. The van der Waals surface area contributed by atoms with E-state index in [4.69, 9.17) is 4.98 Å². The molecule has 0 bridgehead atoms. The number of hydrogen-bond acceptors (Lipinski definition) is 4. The van der Waals surface area contributed by atoms with Gasteiger partial charge in [-0.05, 0) is 37.4 Å². The minimum Gasteiger partial charge on any atom is -0.396 e. The number of rotatable bonds is 4. The molecule has 0 spiro atoms. The van der Waals surface area contributed by atoms with Crippen molar-refractivity contribution in [3.63, 3.8) is 0 Å². The standard InChI is InChI=1S/C18H25N3O/c1-20(2)18-16(10-15-7-3-4-8-17(15)19-18)12-21-9-5-6-14(11-21)13-22/h3-4,7-8,10,14,22H,5-6,9,11-13H2,1-2H3/t14-/m0/s1. The Morgan fingerprint density at radius 3 is 2.91 bits per heavy atom. The first-order chi connectivity index (χ1) is 10.7. The zero-order chi connectivity index (χ0) is 15.5. The molecule has 22 heavy (non-hydrogen) atoms. The van der Waals surface area contributed by atoms with Crippen molar-refractivity contribution in [1.29, 1.82) is 0 Å². The van der Waals surface area contributed by atoms with Crippen LogP contribution in [0.4, 0.5) is 5.82 Å². The third-order valence-electron chi connectivity index (χ3n) is 4.46. The third kappa shape index (κ3) is 3.23. The van der Waals surface area contributed by atoms with Crippen molar-refractivity contribution in [3.05, 3.63) is 35.9 Å². The molecule has 3 rings (SSSR count). The summed E-state index contributed by atoms with van der Waals surface area (Å²) in [6, 6.07) is 10.5. The lowest BCUT2D eigenvalue weighted by Crippen LogP contribution is -2.36. The average molecular weight is 299 g/mol. The summed E-state index contributed by atoms with van der Waals surface area (Å²) in [6.45, 7) is 3.29. The van der Waals surface area contributed by atoms with Crippen molar-refractivity contribution in [2.24, 2.45) is 5.92 Å². The molecule has 0 unspecified atom stereocenters. The Labute approximate surface area is 132 Å². The molecule has 1 aromatic heterocycles. The van der Waals surface area contributed by atoms with Crippen LogP contribution in [0.5, 0.6) is 0 Å². The largest absolute Gasteiger partial charge is 0.396 e. The minimum absolute atomic E-state index is 0.299. The van der Waals surface area contributed by atoms with Gasteiger partial charge < -0.3 is 10.0 Å². The monoisotopic (exact) mass is 299 g/mol. The second-order valence-corrected chi connectivity index (χ2v) is 6.48. The Morgan fingerprint density at radius 1 is 1.32 bits per heavy atom. The Morgan fingerprint density at radius 2 is 2.14 bits per heavy atom. The van der Waals surface area contributed by atoms with Crippen LogP contribution >= 0.6 is 0 Å². The summed E-state index contributed by atoms with van der Waals surface area (Å²) in [6.07, 6.45) is 2.31. The van der Waals surface area contributed by atoms with Gasteiger partial charge in [0.1, 0.15) is 5.82 Å². The predicted molar refractivity (Wildman–Crippen MR) is 91.2 cm³/mol. The fourth-order valence-corrected chi connectivity index (χ4v) is 3.34. The highest BCUT2D eigenvalue weighted by molar-refractivity contribution is 5.81. The maximum Gasteiger partial charge on any atom is 0.133 e. The molecule has 1 atom stereocenters. The number of aliphatic hydroxyl groups is 1. The maximum atomic E-state index is 9.41. The van der Waals surface area contributed by atoms with Crippen LogP contribution in [0.2, 0.25) is 0 Å². The number of hydrogen-bond donors (Lipinski definition) is 1. The Hall–Kier alpha value is -1.65. The molecule has 1 N–H and O–H groups in total. The second-order valence-electron chi connectivity index (χ2n) is 6.48. The zero-order valence-corrected chi connectivity index (χ0v) is 13.5. The lowest BCUT2D eigenvalue weighted by atomic mass is 9.98. The molecular weight excluding hydrogens is 274 g/mol. The number of pyridine rings is 1. The van der Waals surface area contributed by atoms with E-state index in [1.807, 2.05) is 20.2 Å². The van der Waals surface area contributed by atoms with Crippen molar-refractivity contribution in [2.45, 2.75) is 19.4 Å². The lowest BCUT2D eigenvalue weighted by Gasteiger charge is -2.32. The number of likely N-dealkylation sites (tertiary alicyclic amines) is 1. The van der Waals surface area contributed by atoms with Crippen molar-refractivity contribution >= 4 is 16.7 Å². The number of para-hydroxylation sites is 1. The predicted octanol–water partition coefficient (Wildman–Crippen LogP) is 2.51. The van der Waals surface area contributed by atoms with Gasteiger partial charge in [0, 0.05) is 44.7 Å². The third-order valence-corrected chi connectivity index (χ3v) is 4.46. The first-order valence-electron chi connectivity index (χ1n) is 8.06. The molecule has 0 aliphatic carbocycles. The van der Waals surface area contributed by atoms with Gasteiger partial charge in [0.05, 0.1) is 5.52 Å². The lowest BCUT2D eigenvalue weighted by molar-refractivity contribution is 0.116. The van der Waals surface area contributed by atoms with Crippen LogP contribution < -0.4 is 4.90 Å². The summed E-state index contributed by atoms with van der Waals surface area (Å²) in [5.41, 5.74) is 2.31. The Balaban J connectivity index is 1.89. The van der Waals surface area contributed by atoms with Crippen LogP contribution in [0, 0.1) is 5.92 Å². The molecule has 2 aromatic rings. The number of nitrogens with zero attached hydrogens (tertiary/aromatic N) is 3. The Bertz CT molecular complexity index is 641. The van der Waals surface area contributed by atoms with E-state index in [-0.39, 0.29) is 0 Å². The van der Waals surface area contributed by atoms with E-state index in [0.29, 0.717) is 12.5 Å². The van der Waals surface area contributed by atoms with E-state index in [0.717, 1.165) is 37.4 Å². The second kappa shape index (κ2) is 6.63. The maximum absolute atomic E-state index is 9.41. The fourth-order valence-electron chi connectivity index (χ4n) is 3.34. The van der Waals surface area contributed by atoms with Gasteiger partial charge >= 0.3 is 0 Å². The molecule has 118 valence electrons. The van der Waals surface area contributed by atoms with E-state index < -0.39 is 0 Å². The quantitative estimate of drug-likeness (QED) is 0.941. The average Bonchev–Trinajstić information content (AvgIpc) is 2.54. The highest BCUT2D eigenvalue weighted by Gasteiger charge is 2.21. The van der Waals surface area contributed by atoms with Crippen molar-refractivity contribution in [1.82, 2.24) is 9.88 Å². The summed E-state index contributed by atoms with van der Waals surface area (Å²) in [7, 11) is 4.10. The number of piperidine rings is 1. The molecule has 1 saturated heterocycles. The number of anilines is 1. The smallest absolute Gasteiger partial charge is 0.133 e.